The number of amides is 4. The van der Waals surface area contributed by atoms with Crippen LogP contribution in [0.3, 0.4) is 0 Å². The summed E-state index contributed by atoms with van der Waals surface area (Å²) in [5.41, 5.74) is 3.24. The molecule has 1 N–H and O–H groups in total. The van der Waals surface area contributed by atoms with Crippen molar-refractivity contribution in [3.05, 3.63) is 108 Å². The molecule has 0 radical (unpaired) electrons. The van der Waals surface area contributed by atoms with E-state index in [1.54, 1.807) is 14.7 Å². The number of hydrogen-bond donors (Lipinski definition) is 1. The summed E-state index contributed by atoms with van der Waals surface area (Å²) >= 11 is 0. The van der Waals surface area contributed by atoms with E-state index in [-0.39, 0.29) is 12.1 Å². The fourth-order valence-corrected chi connectivity index (χ4v) is 5.91. The summed E-state index contributed by atoms with van der Waals surface area (Å²) in [4.78, 5) is 56.5. The lowest BCUT2D eigenvalue weighted by molar-refractivity contribution is -0.159. The molecule has 0 spiro atoms. The molecule has 2 atom stereocenters. The summed E-state index contributed by atoms with van der Waals surface area (Å²) in [6, 6.07) is 29.6. The van der Waals surface area contributed by atoms with Gasteiger partial charge in [0.25, 0.3) is 0 Å². The Labute approximate surface area is 247 Å². The molecule has 42 heavy (non-hydrogen) atoms. The summed E-state index contributed by atoms with van der Waals surface area (Å²) < 4.78 is 0. The van der Waals surface area contributed by atoms with E-state index in [1.807, 2.05) is 78.9 Å². The summed E-state index contributed by atoms with van der Waals surface area (Å²) in [6.45, 7) is 2.27. The smallest absolute Gasteiger partial charge is 0.312 e. The third kappa shape index (κ3) is 7.24. The molecule has 5 rings (SSSR count). The maximum Gasteiger partial charge on any atom is 0.312 e. The predicted molar refractivity (Wildman–Crippen MR) is 160 cm³/mol. The lowest BCUT2D eigenvalue weighted by Gasteiger charge is -2.41. The average molecular weight is 567 g/mol. The number of unbranched alkanes of at least 4 members (excludes halogenated alkanes) is 1. The van der Waals surface area contributed by atoms with E-state index >= 15 is 0 Å². The second-order valence-corrected chi connectivity index (χ2v) is 11.1. The number of carbonyl (C=O) groups excluding carboxylic acids is 4. The first-order valence-electron chi connectivity index (χ1n) is 14.8. The van der Waals surface area contributed by atoms with Gasteiger partial charge in [-0.25, -0.2) is 0 Å². The lowest BCUT2D eigenvalue weighted by Crippen LogP contribution is -2.60. The molecule has 3 aromatic carbocycles. The minimum Gasteiger partial charge on any atom is -0.346 e. The van der Waals surface area contributed by atoms with Crippen molar-refractivity contribution in [2.24, 2.45) is 0 Å². The molecule has 2 heterocycles. The molecule has 8 heteroatoms. The van der Waals surface area contributed by atoms with Crippen LogP contribution >= 0.6 is 0 Å². The fraction of sp³-hybridized carbons (Fsp3) is 0.353. The van der Waals surface area contributed by atoms with E-state index in [4.69, 9.17) is 0 Å². The molecule has 0 aromatic heterocycles. The maximum atomic E-state index is 13.4. The predicted octanol–water partition coefficient (Wildman–Crippen LogP) is 3.21. The van der Waals surface area contributed by atoms with Crippen LogP contribution in [0.1, 0.15) is 36.0 Å². The number of hydrogen-bond acceptors (Lipinski definition) is 4. The van der Waals surface area contributed by atoms with Crippen LogP contribution in [0, 0.1) is 0 Å². The van der Waals surface area contributed by atoms with Gasteiger partial charge in [0.05, 0.1) is 6.04 Å². The third-order valence-electron chi connectivity index (χ3n) is 8.21. The molecule has 3 aromatic rings. The molecular weight excluding hydrogens is 528 g/mol. The van der Waals surface area contributed by atoms with E-state index in [1.165, 1.54) is 0 Å². The molecule has 4 amide bonds. The van der Waals surface area contributed by atoms with Crippen molar-refractivity contribution in [3.63, 3.8) is 0 Å². The van der Waals surface area contributed by atoms with Gasteiger partial charge in [0.15, 0.2) is 0 Å². The third-order valence-corrected chi connectivity index (χ3v) is 8.21. The van der Waals surface area contributed by atoms with Crippen molar-refractivity contribution in [1.82, 2.24) is 20.0 Å². The Morgan fingerprint density at radius 1 is 0.619 bits per heavy atom. The van der Waals surface area contributed by atoms with Crippen molar-refractivity contribution in [3.8, 4) is 0 Å². The van der Waals surface area contributed by atoms with Gasteiger partial charge >= 0.3 is 23.6 Å². The Hall–Kier alpha value is -4.46. The molecule has 8 nitrogen and oxygen atoms in total. The number of piperazine rings is 2. The monoisotopic (exact) mass is 566 g/mol. The fourth-order valence-electron chi connectivity index (χ4n) is 5.91. The van der Waals surface area contributed by atoms with Crippen molar-refractivity contribution in [2.75, 3.05) is 26.2 Å². The Kier molecular flexibility index (Phi) is 9.64. The number of nitrogens with one attached hydrogen (secondary N) is 1. The van der Waals surface area contributed by atoms with E-state index in [0.29, 0.717) is 58.4 Å². The van der Waals surface area contributed by atoms with Gasteiger partial charge in [-0.3, -0.25) is 19.2 Å². The minimum absolute atomic E-state index is 0.0928. The highest BCUT2D eigenvalue weighted by molar-refractivity contribution is 6.36. The van der Waals surface area contributed by atoms with Gasteiger partial charge in [-0.05, 0) is 48.8 Å². The van der Waals surface area contributed by atoms with E-state index in [2.05, 4.69) is 17.4 Å². The zero-order valence-corrected chi connectivity index (χ0v) is 23.9. The molecule has 0 aliphatic carbocycles. The van der Waals surface area contributed by atoms with Crippen LogP contribution in [0.4, 0.5) is 0 Å². The molecule has 0 saturated carbocycles. The topological polar surface area (TPSA) is 90.0 Å². The number of benzene rings is 3. The van der Waals surface area contributed by atoms with Gasteiger partial charge < -0.3 is 20.0 Å². The number of rotatable bonds is 12. The summed E-state index contributed by atoms with van der Waals surface area (Å²) in [5, 5.41) is 2.72. The molecular formula is C34H38N4O4. The highest BCUT2D eigenvalue weighted by Gasteiger charge is 2.39. The summed E-state index contributed by atoms with van der Waals surface area (Å²) in [7, 11) is 0. The van der Waals surface area contributed by atoms with Crippen LogP contribution in [0.2, 0.25) is 0 Å². The summed E-state index contributed by atoms with van der Waals surface area (Å²) in [5.74, 6) is -1.96. The van der Waals surface area contributed by atoms with Crippen LogP contribution in [-0.2, 0) is 38.6 Å². The van der Waals surface area contributed by atoms with Crippen molar-refractivity contribution in [2.45, 2.75) is 50.7 Å². The Balaban J connectivity index is 1.19. The first kappa shape index (κ1) is 29.0. The van der Waals surface area contributed by atoms with E-state index in [9.17, 15) is 19.2 Å². The van der Waals surface area contributed by atoms with E-state index in [0.717, 1.165) is 23.1 Å². The van der Waals surface area contributed by atoms with Crippen LogP contribution in [-0.4, -0.2) is 76.6 Å². The minimum atomic E-state index is -0.554. The van der Waals surface area contributed by atoms with Gasteiger partial charge in [0, 0.05) is 38.8 Å². The molecule has 2 saturated heterocycles. The molecule has 2 fully saturated rings. The molecule has 2 aliphatic rings. The van der Waals surface area contributed by atoms with Gasteiger partial charge in [-0.1, -0.05) is 91.0 Å². The first-order chi connectivity index (χ1) is 20.5. The summed E-state index contributed by atoms with van der Waals surface area (Å²) in [6.07, 6.45) is 3.54. The first-order valence-corrected chi connectivity index (χ1v) is 14.8. The zero-order valence-electron chi connectivity index (χ0n) is 23.9. The molecule has 2 aliphatic heterocycles. The Bertz CT molecular complexity index is 1370. The van der Waals surface area contributed by atoms with Crippen LogP contribution < -0.4 is 5.32 Å². The van der Waals surface area contributed by atoms with Gasteiger partial charge in [0.1, 0.15) is 0 Å². The highest BCUT2D eigenvalue weighted by atomic mass is 16.2. The SMILES string of the molecule is O=C1NC[C@H](CCCCN2C[C@H](Cc3ccccc3)N(Cc3ccccc3)C(=O)C2=O)N(CCc2ccccc2)C1=O. The molecule has 218 valence electrons. The zero-order chi connectivity index (χ0) is 29.3. The second-order valence-electron chi connectivity index (χ2n) is 11.1. The Morgan fingerprint density at radius 2 is 1.24 bits per heavy atom. The van der Waals surface area contributed by atoms with Crippen molar-refractivity contribution >= 4 is 23.6 Å². The molecule has 0 bridgehead atoms. The van der Waals surface area contributed by atoms with Gasteiger partial charge in [-0.15, -0.1) is 0 Å². The van der Waals surface area contributed by atoms with Crippen molar-refractivity contribution < 1.29 is 19.2 Å². The number of carbonyl (C=O) groups is 4. The molecule has 0 unspecified atom stereocenters. The standard InChI is InChI=1S/C34H38N4O4/c39-31-32(40)37(21-19-26-12-4-1-5-13-26)29(23-35-31)18-10-11-20-36-25-30(22-27-14-6-2-7-15-27)38(34(42)33(36)41)24-28-16-8-3-9-17-28/h1-9,12-17,29-30H,10-11,18-25H2,(H,35,39)/t29-,30-/m0/s1. The van der Waals surface area contributed by atoms with Crippen LogP contribution in [0.15, 0.2) is 91.0 Å². The van der Waals surface area contributed by atoms with Gasteiger partial charge in [-0.2, -0.15) is 0 Å². The quantitative estimate of drug-likeness (QED) is 0.269. The van der Waals surface area contributed by atoms with Crippen LogP contribution in [0.5, 0.6) is 0 Å². The van der Waals surface area contributed by atoms with Crippen molar-refractivity contribution in [1.29, 1.82) is 0 Å². The highest BCUT2D eigenvalue weighted by Crippen LogP contribution is 2.21. The lowest BCUT2D eigenvalue weighted by atomic mass is 10.00. The average Bonchev–Trinajstić information content (AvgIpc) is 3.02. The van der Waals surface area contributed by atoms with Gasteiger partial charge in [0.2, 0.25) is 0 Å². The Morgan fingerprint density at radius 3 is 1.90 bits per heavy atom. The van der Waals surface area contributed by atoms with Crippen LogP contribution in [0.25, 0.3) is 0 Å². The number of nitrogens with zero attached hydrogens (tertiary/aromatic N) is 3. The largest absolute Gasteiger partial charge is 0.346 e. The van der Waals surface area contributed by atoms with E-state index < -0.39 is 23.6 Å². The normalized spacial score (nSPS) is 19.3. The second kappa shape index (κ2) is 13.9. The maximum absolute atomic E-state index is 13.4.